The lowest BCUT2D eigenvalue weighted by molar-refractivity contribution is -0.138. The molecule has 2 aromatic rings. The Hall–Kier alpha value is -1.74. The van der Waals surface area contributed by atoms with Crippen molar-refractivity contribution in [2.24, 2.45) is 0 Å². The molecule has 0 saturated carbocycles. The highest BCUT2D eigenvalue weighted by molar-refractivity contribution is 6.31. The molecule has 0 aliphatic heterocycles. The molecule has 1 aromatic carbocycles. The molecule has 0 aliphatic rings. The zero-order valence-electron chi connectivity index (χ0n) is 10.1. The maximum absolute atomic E-state index is 11.5. The molecule has 0 bridgehead atoms. The number of hydrogen-bond acceptors (Lipinski definition) is 2. The SMILES string of the molecule is C=C(Cn1ccc2cc(Cl)ccc21)C(=O)OCC. The van der Waals surface area contributed by atoms with Gasteiger partial charge in [-0.15, -0.1) is 0 Å². The smallest absolute Gasteiger partial charge is 0.335 e. The van der Waals surface area contributed by atoms with Crippen LogP contribution in [0.3, 0.4) is 0 Å². The first-order chi connectivity index (χ1) is 8.61. The lowest BCUT2D eigenvalue weighted by Crippen LogP contribution is -2.11. The van der Waals surface area contributed by atoms with Crippen molar-refractivity contribution in [3.63, 3.8) is 0 Å². The molecule has 0 N–H and O–H groups in total. The molecular weight excluding hydrogens is 250 g/mol. The molecule has 0 fully saturated rings. The molecule has 0 aliphatic carbocycles. The lowest BCUT2D eigenvalue weighted by atomic mass is 10.2. The first-order valence-electron chi connectivity index (χ1n) is 5.71. The van der Waals surface area contributed by atoms with Crippen LogP contribution in [0, 0.1) is 0 Å². The van der Waals surface area contributed by atoms with Gasteiger partial charge in [0, 0.05) is 27.7 Å². The maximum atomic E-state index is 11.5. The van der Waals surface area contributed by atoms with Crippen molar-refractivity contribution in [2.75, 3.05) is 6.61 Å². The van der Waals surface area contributed by atoms with Crippen LogP contribution in [-0.2, 0) is 16.1 Å². The number of aromatic nitrogens is 1. The van der Waals surface area contributed by atoms with Crippen molar-refractivity contribution < 1.29 is 9.53 Å². The monoisotopic (exact) mass is 263 g/mol. The summed E-state index contributed by atoms with van der Waals surface area (Å²) < 4.78 is 6.86. The number of rotatable bonds is 4. The molecule has 0 unspecified atom stereocenters. The molecule has 3 nitrogen and oxygen atoms in total. The van der Waals surface area contributed by atoms with Gasteiger partial charge in [-0.25, -0.2) is 4.79 Å². The van der Waals surface area contributed by atoms with E-state index < -0.39 is 0 Å². The van der Waals surface area contributed by atoms with Crippen LogP contribution >= 0.6 is 11.6 Å². The normalized spacial score (nSPS) is 10.6. The Bertz CT molecular complexity index is 601. The van der Waals surface area contributed by atoms with Gasteiger partial charge in [0.15, 0.2) is 0 Å². The Labute approximate surface area is 111 Å². The van der Waals surface area contributed by atoms with E-state index in [-0.39, 0.29) is 5.97 Å². The quantitative estimate of drug-likeness (QED) is 0.625. The number of nitrogens with zero attached hydrogens (tertiary/aromatic N) is 1. The highest BCUT2D eigenvalue weighted by Crippen LogP contribution is 2.21. The van der Waals surface area contributed by atoms with Gasteiger partial charge >= 0.3 is 5.97 Å². The predicted molar refractivity (Wildman–Crippen MR) is 72.7 cm³/mol. The third-order valence-electron chi connectivity index (χ3n) is 2.66. The molecule has 0 saturated heterocycles. The van der Waals surface area contributed by atoms with Crippen molar-refractivity contribution in [3.05, 3.63) is 47.6 Å². The Kier molecular flexibility index (Phi) is 3.72. The second kappa shape index (κ2) is 5.27. The van der Waals surface area contributed by atoms with Crippen LogP contribution in [-0.4, -0.2) is 17.1 Å². The standard InChI is InChI=1S/C14H14ClNO2/c1-3-18-14(17)10(2)9-16-7-6-11-8-12(15)4-5-13(11)16/h4-8H,2-3,9H2,1H3. The van der Waals surface area contributed by atoms with Gasteiger partial charge in [0.05, 0.1) is 13.2 Å². The first kappa shape index (κ1) is 12.7. The summed E-state index contributed by atoms with van der Waals surface area (Å²) in [6.45, 7) is 6.31. The van der Waals surface area contributed by atoms with Crippen molar-refractivity contribution >= 4 is 28.5 Å². The van der Waals surface area contributed by atoms with E-state index in [9.17, 15) is 4.79 Å². The number of carbonyl (C=O) groups excluding carboxylic acids is 1. The summed E-state index contributed by atoms with van der Waals surface area (Å²) in [6, 6.07) is 7.60. The highest BCUT2D eigenvalue weighted by Gasteiger charge is 2.10. The predicted octanol–water partition coefficient (Wildman–Crippen LogP) is 3.41. The van der Waals surface area contributed by atoms with Crippen LogP contribution in [0.4, 0.5) is 0 Å². The van der Waals surface area contributed by atoms with Gasteiger partial charge < -0.3 is 9.30 Å². The average Bonchev–Trinajstić information content (AvgIpc) is 2.72. The van der Waals surface area contributed by atoms with E-state index in [4.69, 9.17) is 16.3 Å². The molecule has 2 rings (SSSR count). The van der Waals surface area contributed by atoms with Gasteiger partial charge in [-0.05, 0) is 31.2 Å². The summed E-state index contributed by atoms with van der Waals surface area (Å²) in [7, 11) is 0. The molecule has 4 heteroatoms. The molecule has 0 spiro atoms. The van der Waals surface area contributed by atoms with E-state index in [0.29, 0.717) is 23.7 Å². The van der Waals surface area contributed by atoms with Crippen LogP contribution in [0.1, 0.15) is 6.92 Å². The minimum Gasteiger partial charge on any atom is -0.463 e. The van der Waals surface area contributed by atoms with E-state index in [0.717, 1.165) is 10.9 Å². The summed E-state index contributed by atoms with van der Waals surface area (Å²) in [6.07, 6.45) is 1.91. The summed E-state index contributed by atoms with van der Waals surface area (Å²) in [5, 5.41) is 1.74. The van der Waals surface area contributed by atoms with Crippen LogP contribution in [0.15, 0.2) is 42.6 Å². The molecule has 0 atom stereocenters. The fraction of sp³-hybridized carbons (Fsp3) is 0.214. The minimum absolute atomic E-state index is 0.353. The van der Waals surface area contributed by atoms with Gasteiger partial charge in [0.25, 0.3) is 0 Å². The Balaban J connectivity index is 2.22. The summed E-state index contributed by atoms with van der Waals surface area (Å²) in [5.74, 6) is -0.353. The molecular formula is C14H14ClNO2. The number of benzene rings is 1. The van der Waals surface area contributed by atoms with E-state index in [1.807, 2.05) is 35.0 Å². The van der Waals surface area contributed by atoms with E-state index >= 15 is 0 Å². The van der Waals surface area contributed by atoms with Crippen LogP contribution in [0.2, 0.25) is 5.02 Å². The zero-order valence-corrected chi connectivity index (χ0v) is 10.9. The molecule has 0 radical (unpaired) electrons. The second-order valence-corrected chi connectivity index (χ2v) is 4.41. The third-order valence-corrected chi connectivity index (χ3v) is 2.89. The van der Waals surface area contributed by atoms with E-state index in [2.05, 4.69) is 6.58 Å². The van der Waals surface area contributed by atoms with Crippen molar-refractivity contribution in [1.29, 1.82) is 0 Å². The van der Waals surface area contributed by atoms with Gasteiger partial charge in [-0.3, -0.25) is 0 Å². The number of carbonyl (C=O) groups is 1. The van der Waals surface area contributed by atoms with E-state index in [1.54, 1.807) is 6.92 Å². The maximum Gasteiger partial charge on any atom is 0.335 e. The Morgan fingerprint density at radius 3 is 2.94 bits per heavy atom. The topological polar surface area (TPSA) is 31.2 Å². The highest BCUT2D eigenvalue weighted by atomic mass is 35.5. The zero-order chi connectivity index (χ0) is 13.1. The van der Waals surface area contributed by atoms with E-state index in [1.165, 1.54) is 0 Å². The van der Waals surface area contributed by atoms with Crippen molar-refractivity contribution in [3.8, 4) is 0 Å². The fourth-order valence-corrected chi connectivity index (χ4v) is 1.99. The Morgan fingerprint density at radius 1 is 1.44 bits per heavy atom. The summed E-state index contributed by atoms with van der Waals surface area (Å²) >= 11 is 5.92. The third kappa shape index (κ3) is 2.57. The van der Waals surface area contributed by atoms with Crippen molar-refractivity contribution in [2.45, 2.75) is 13.5 Å². The number of ether oxygens (including phenoxy) is 1. The van der Waals surface area contributed by atoms with Crippen LogP contribution in [0.5, 0.6) is 0 Å². The molecule has 1 aromatic heterocycles. The minimum atomic E-state index is -0.353. The average molecular weight is 264 g/mol. The molecule has 0 amide bonds. The number of halogens is 1. The van der Waals surface area contributed by atoms with Gasteiger partial charge in [0.1, 0.15) is 0 Å². The molecule has 1 heterocycles. The fourth-order valence-electron chi connectivity index (χ4n) is 1.81. The molecule has 94 valence electrons. The van der Waals surface area contributed by atoms with Crippen molar-refractivity contribution in [1.82, 2.24) is 4.57 Å². The van der Waals surface area contributed by atoms with Gasteiger partial charge in [-0.2, -0.15) is 0 Å². The number of esters is 1. The first-order valence-corrected chi connectivity index (χ1v) is 6.09. The summed E-state index contributed by atoms with van der Waals surface area (Å²) in [4.78, 5) is 11.5. The molecule has 18 heavy (non-hydrogen) atoms. The second-order valence-electron chi connectivity index (χ2n) is 3.97. The van der Waals surface area contributed by atoms with Crippen LogP contribution in [0.25, 0.3) is 10.9 Å². The van der Waals surface area contributed by atoms with Crippen LogP contribution < -0.4 is 0 Å². The van der Waals surface area contributed by atoms with Gasteiger partial charge in [0.2, 0.25) is 0 Å². The lowest BCUT2D eigenvalue weighted by Gasteiger charge is -2.08. The largest absolute Gasteiger partial charge is 0.463 e. The number of hydrogen-bond donors (Lipinski definition) is 0. The summed E-state index contributed by atoms with van der Waals surface area (Å²) in [5.41, 5.74) is 1.45. The van der Waals surface area contributed by atoms with Gasteiger partial charge in [-0.1, -0.05) is 18.2 Å². The Morgan fingerprint density at radius 2 is 2.22 bits per heavy atom. The number of fused-ring (bicyclic) bond motifs is 1.